The Morgan fingerprint density at radius 2 is 2.38 bits per heavy atom. The molecule has 0 saturated carbocycles. The summed E-state index contributed by atoms with van der Waals surface area (Å²) < 4.78 is 1.66. The summed E-state index contributed by atoms with van der Waals surface area (Å²) in [5, 5.41) is 9.26. The Morgan fingerprint density at radius 1 is 1.56 bits per heavy atom. The molecule has 16 heavy (non-hydrogen) atoms. The van der Waals surface area contributed by atoms with E-state index < -0.39 is 5.97 Å². The summed E-state index contributed by atoms with van der Waals surface area (Å²) in [4.78, 5) is 18.2. The van der Waals surface area contributed by atoms with E-state index in [1.807, 2.05) is 0 Å². The monoisotopic (exact) mass is 237 g/mol. The second-order valence-electron chi connectivity index (χ2n) is 3.20. The van der Waals surface area contributed by atoms with Gasteiger partial charge >= 0.3 is 5.97 Å². The van der Waals surface area contributed by atoms with Gasteiger partial charge in [0, 0.05) is 18.6 Å². The van der Waals surface area contributed by atoms with Crippen molar-refractivity contribution in [3.05, 3.63) is 47.3 Å². The molecule has 0 bridgehead atoms. The van der Waals surface area contributed by atoms with Crippen molar-refractivity contribution in [2.45, 2.75) is 6.54 Å². The quantitative estimate of drug-likeness (QED) is 0.882. The normalized spacial score (nSPS) is 10.3. The average Bonchev–Trinajstić information content (AvgIpc) is 2.70. The van der Waals surface area contributed by atoms with Crippen molar-refractivity contribution < 1.29 is 9.90 Å². The van der Waals surface area contributed by atoms with E-state index >= 15 is 0 Å². The number of carbonyl (C=O) groups is 1. The van der Waals surface area contributed by atoms with Crippen LogP contribution in [0.15, 0.2) is 31.0 Å². The number of hydrogen-bond acceptors (Lipinski definition) is 3. The zero-order valence-corrected chi connectivity index (χ0v) is 8.92. The molecule has 0 saturated heterocycles. The lowest BCUT2D eigenvalue weighted by Gasteiger charge is -2.03. The highest BCUT2D eigenvalue weighted by molar-refractivity contribution is 6.31. The molecule has 0 aliphatic heterocycles. The van der Waals surface area contributed by atoms with Gasteiger partial charge in [-0.05, 0) is 11.6 Å². The van der Waals surface area contributed by atoms with Gasteiger partial charge in [0.2, 0.25) is 0 Å². The zero-order chi connectivity index (χ0) is 11.5. The summed E-state index contributed by atoms with van der Waals surface area (Å²) in [6, 6.07) is 1.78. The summed E-state index contributed by atoms with van der Waals surface area (Å²) >= 11 is 5.93. The van der Waals surface area contributed by atoms with Gasteiger partial charge in [-0.1, -0.05) is 11.6 Å². The standard InChI is InChI=1S/C10H8ClN3O2/c11-8-3-12-2-1-7(8)4-14-5-9(10(15)16)13-6-14/h1-3,5-6H,4H2,(H,15,16). The second kappa shape index (κ2) is 4.32. The van der Waals surface area contributed by atoms with Crippen LogP contribution in [-0.4, -0.2) is 25.6 Å². The molecular formula is C10H8ClN3O2. The van der Waals surface area contributed by atoms with Crippen LogP contribution in [0.1, 0.15) is 16.1 Å². The summed E-state index contributed by atoms with van der Waals surface area (Å²) in [6.45, 7) is 0.474. The Balaban J connectivity index is 2.21. The van der Waals surface area contributed by atoms with Crippen LogP contribution in [0.2, 0.25) is 5.02 Å². The molecule has 6 heteroatoms. The van der Waals surface area contributed by atoms with Crippen molar-refractivity contribution in [1.29, 1.82) is 0 Å². The van der Waals surface area contributed by atoms with E-state index in [0.717, 1.165) is 5.56 Å². The zero-order valence-electron chi connectivity index (χ0n) is 8.17. The SMILES string of the molecule is O=C(O)c1cn(Cc2ccncc2Cl)cn1. The van der Waals surface area contributed by atoms with Crippen LogP contribution in [0.3, 0.4) is 0 Å². The van der Waals surface area contributed by atoms with Crippen LogP contribution in [0.25, 0.3) is 0 Å². The Kier molecular flexibility index (Phi) is 2.87. The maximum absolute atomic E-state index is 10.6. The molecule has 2 heterocycles. The van der Waals surface area contributed by atoms with Crippen molar-refractivity contribution >= 4 is 17.6 Å². The predicted octanol–water partition coefficient (Wildman–Crippen LogP) is 1.68. The molecule has 0 spiro atoms. The first-order chi connectivity index (χ1) is 7.66. The lowest BCUT2D eigenvalue weighted by molar-refractivity contribution is 0.0691. The van der Waals surface area contributed by atoms with Crippen molar-refractivity contribution in [3.63, 3.8) is 0 Å². The molecule has 82 valence electrons. The maximum atomic E-state index is 10.6. The molecule has 5 nitrogen and oxygen atoms in total. The van der Waals surface area contributed by atoms with Crippen LogP contribution in [0.5, 0.6) is 0 Å². The number of rotatable bonds is 3. The average molecular weight is 238 g/mol. The van der Waals surface area contributed by atoms with Gasteiger partial charge in [0.25, 0.3) is 0 Å². The summed E-state index contributed by atoms with van der Waals surface area (Å²) in [5.74, 6) is -1.04. The first-order valence-corrected chi connectivity index (χ1v) is 4.88. The first kappa shape index (κ1) is 10.6. The third-order valence-corrected chi connectivity index (χ3v) is 2.40. The number of imidazole rings is 1. The van der Waals surface area contributed by atoms with E-state index in [1.54, 1.807) is 23.0 Å². The highest BCUT2D eigenvalue weighted by Gasteiger charge is 2.07. The second-order valence-corrected chi connectivity index (χ2v) is 3.61. The molecule has 1 N–H and O–H groups in total. The van der Waals surface area contributed by atoms with Crippen molar-refractivity contribution in [2.75, 3.05) is 0 Å². The van der Waals surface area contributed by atoms with Crippen molar-refractivity contribution in [1.82, 2.24) is 14.5 Å². The molecule has 0 radical (unpaired) electrons. The largest absolute Gasteiger partial charge is 0.476 e. The fourth-order valence-electron chi connectivity index (χ4n) is 1.29. The van der Waals surface area contributed by atoms with E-state index in [9.17, 15) is 4.79 Å². The minimum absolute atomic E-state index is 0.0187. The number of carboxylic acid groups (broad SMARTS) is 1. The van der Waals surface area contributed by atoms with E-state index in [0.29, 0.717) is 11.6 Å². The van der Waals surface area contributed by atoms with Gasteiger partial charge in [0.15, 0.2) is 5.69 Å². The number of aromatic carboxylic acids is 1. The smallest absolute Gasteiger partial charge is 0.356 e. The molecule has 0 unspecified atom stereocenters. The van der Waals surface area contributed by atoms with Crippen LogP contribution in [-0.2, 0) is 6.54 Å². The van der Waals surface area contributed by atoms with Crippen LogP contribution in [0.4, 0.5) is 0 Å². The minimum Gasteiger partial charge on any atom is -0.476 e. The van der Waals surface area contributed by atoms with E-state index in [1.165, 1.54) is 12.5 Å². The van der Waals surface area contributed by atoms with Gasteiger partial charge in [-0.3, -0.25) is 4.98 Å². The van der Waals surface area contributed by atoms with Gasteiger partial charge in [0.1, 0.15) is 0 Å². The molecule has 0 atom stereocenters. The van der Waals surface area contributed by atoms with E-state index in [2.05, 4.69) is 9.97 Å². The Hall–Kier alpha value is -1.88. The number of aromatic nitrogens is 3. The van der Waals surface area contributed by atoms with Crippen LogP contribution in [0, 0.1) is 0 Å². The molecule has 0 amide bonds. The predicted molar refractivity (Wildman–Crippen MR) is 57.5 cm³/mol. The van der Waals surface area contributed by atoms with Crippen molar-refractivity contribution in [3.8, 4) is 0 Å². The number of halogens is 1. The lowest BCUT2D eigenvalue weighted by Crippen LogP contribution is -1.99. The number of carboxylic acids is 1. The molecule has 2 aromatic rings. The lowest BCUT2D eigenvalue weighted by atomic mass is 10.2. The van der Waals surface area contributed by atoms with E-state index in [-0.39, 0.29) is 5.69 Å². The molecule has 0 aliphatic rings. The maximum Gasteiger partial charge on any atom is 0.356 e. The molecular weight excluding hydrogens is 230 g/mol. The number of nitrogens with zero attached hydrogens (tertiary/aromatic N) is 3. The van der Waals surface area contributed by atoms with Gasteiger partial charge in [-0.2, -0.15) is 0 Å². The molecule has 0 aliphatic carbocycles. The molecule has 2 rings (SSSR count). The van der Waals surface area contributed by atoms with Gasteiger partial charge in [-0.15, -0.1) is 0 Å². The fourth-order valence-corrected chi connectivity index (χ4v) is 1.47. The van der Waals surface area contributed by atoms with Gasteiger partial charge in [-0.25, -0.2) is 9.78 Å². The Morgan fingerprint density at radius 3 is 3.00 bits per heavy atom. The summed E-state index contributed by atoms with van der Waals surface area (Å²) in [7, 11) is 0. The van der Waals surface area contributed by atoms with Gasteiger partial charge in [0.05, 0.1) is 17.9 Å². The third kappa shape index (κ3) is 2.20. The van der Waals surface area contributed by atoms with E-state index in [4.69, 9.17) is 16.7 Å². The topological polar surface area (TPSA) is 68.0 Å². The van der Waals surface area contributed by atoms with Gasteiger partial charge < -0.3 is 9.67 Å². The number of pyridine rings is 1. The fraction of sp³-hybridized carbons (Fsp3) is 0.100. The first-order valence-electron chi connectivity index (χ1n) is 4.50. The van der Waals surface area contributed by atoms with Crippen LogP contribution < -0.4 is 0 Å². The molecule has 0 fully saturated rings. The summed E-state index contributed by atoms with van der Waals surface area (Å²) in [6.07, 6.45) is 6.10. The molecule has 0 aromatic carbocycles. The third-order valence-electron chi connectivity index (χ3n) is 2.06. The Labute approximate surface area is 96.3 Å². The van der Waals surface area contributed by atoms with Crippen molar-refractivity contribution in [2.24, 2.45) is 0 Å². The Bertz CT molecular complexity index is 524. The highest BCUT2D eigenvalue weighted by Crippen LogP contribution is 2.14. The molecule has 2 aromatic heterocycles. The van der Waals surface area contributed by atoms with Crippen LogP contribution >= 0.6 is 11.6 Å². The summed E-state index contributed by atoms with van der Waals surface area (Å²) in [5.41, 5.74) is 0.885. The highest BCUT2D eigenvalue weighted by atomic mass is 35.5. The minimum atomic E-state index is -1.04. The number of hydrogen-bond donors (Lipinski definition) is 1.